The highest BCUT2D eigenvalue weighted by Gasteiger charge is 2.18. The molecule has 2 unspecified atom stereocenters. The van der Waals surface area contributed by atoms with Crippen LogP contribution in [0.4, 0.5) is 0 Å². The molecule has 1 saturated heterocycles. The van der Waals surface area contributed by atoms with Crippen molar-refractivity contribution in [1.29, 1.82) is 0 Å². The molecule has 0 bridgehead atoms. The van der Waals surface area contributed by atoms with Gasteiger partial charge in [-0.1, -0.05) is 0 Å². The normalized spacial score (nSPS) is 32.0. The van der Waals surface area contributed by atoms with Crippen LogP contribution in [0.15, 0.2) is 0 Å². The van der Waals surface area contributed by atoms with Gasteiger partial charge in [0.1, 0.15) is 0 Å². The van der Waals surface area contributed by atoms with Crippen molar-refractivity contribution in [2.75, 3.05) is 26.7 Å². The molecule has 0 aromatic rings. The van der Waals surface area contributed by atoms with Gasteiger partial charge in [-0.2, -0.15) is 0 Å². The quantitative estimate of drug-likeness (QED) is 0.490. The summed E-state index contributed by atoms with van der Waals surface area (Å²) in [5.74, 6) is 0. The molecule has 1 N–H and O–H groups in total. The first-order chi connectivity index (χ1) is 4.72. The maximum Gasteiger partial charge on any atom is 0.0850 e. The molecule has 5 heteroatoms. The minimum absolute atomic E-state index is 0.339. The fourth-order valence-electron chi connectivity index (χ4n) is 0.996. The van der Waals surface area contributed by atoms with E-state index in [4.69, 9.17) is 0 Å². The van der Waals surface area contributed by atoms with Crippen molar-refractivity contribution >= 4 is 11.1 Å². The third kappa shape index (κ3) is 1.76. The van der Waals surface area contributed by atoms with E-state index in [9.17, 15) is 8.76 Å². The summed E-state index contributed by atoms with van der Waals surface area (Å²) in [4.78, 5) is 1.83. The van der Waals surface area contributed by atoms with Crippen molar-refractivity contribution in [3.05, 3.63) is 0 Å². The molecule has 0 saturated carbocycles. The Labute approximate surface area is 62.9 Å². The van der Waals surface area contributed by atoms with E-state index in [1.807, 2.05) is 11.9 Å². The van der Waals surface area contributed by atoms with E-state index in [2.05, 4.69) is 5.32 Å². The Bertz CT molecular complexity index is 142. The minimum Gasteiger partial charge on any atom is -0.771 e. The van der Waals surface area contributed by atoms with E-state index in [0.29, 0.717) is 6.54 Å². The molecule has 1 rings (SSSR count). The van der Waals surface area contributed by atoms with E-state index in [1.165, 1.54) is 0 Å². The highest BCUT2D eigenvalue weighted by Crippen LogP contribution is 2.01. The number of nitrogens with one attached hydrogen (secondary N) is 1. The Balaban J connectivity index is 2.47. The second-order valence-electron chi connectivity index (χ2n) is 2.40. The summed E-state index contributed by atoms with van der Waals surface area (Å²) in [6, 6.07) is 0. The lowest BCUT2D eigenvalue weighted by Crippen LogP contribution is -2.51. The highest BCUT2D eigenvalue weighted by molar-refractivity contribution is 7.79. The van der Waals surface area contributed by atoms with Gasteiger partial charge in [-0.15, -0.1) is 0 Å². The zero-order valence-electron chi connectivity index (χ0n) is 5.87. The van der Waals surface area contributed by atoms with Gasteiger partial charge < -0.3 is 9.87 Å². The average molecular weight is 163 g/mol. The number of hydrogen-bond acceptors (Lipinski definition) is 4. The lowest BCUT2D eigenvalue weighted by atomic mass is 10.4. The van der Waals surface area contributed by atoms with Crippen molar-refractivity contribution in [3.8, 4) is 0 Å². The van der Waals surface area contributed by atoms with Crippen LogP contribution in [0.25, 0.3) is 0 Å². The molecule has 0 aliphatic carbocycles. The SMILES string of the molecule is CN1CCNCC1S(=O)[O-]. The highest BCUT2D eigenvalue weighted by atomic mass is 32.2. The number of rotatable bonds is 1. The topological polar surface area (TPSA) is 55.4 Å². The second kappa shape index (κ2) is 3.43. The average Bonchev–Trinajstić information content (AvgIpc) is 1.88. The Morgan fingerprint density at radius 1 is 1.80 bits per heavy atom. The fraction of sp³-hybridized carbons (Fsp3) is 1.00. The predicted molar refractivity (Wildman–Crippen MR) is 38.2 cm³/mol. The first-order valence-corrected chi connectivity index (χ1v) is 4.34. The third-order valence-electron chi connectivity index (χ3n) is 1.67. The molecule has 0 spiro atoms. The molecule has 4 nitrogen and oxygen atoms in total. The zero-order chi connectivity index (χ0) is 7.56. The molecule has 0 aromatic heterocycles. The summed E-state index contributed by atoms with van der Waals surface area (Å²) in [5, 5.41) is 2.67. The third-order valence-corrected chi connectivity index (χ3v) is 2.64. The van der Waals surface area contributed by atoms with Crippen LogP contribution in [-0.2, 0) is 11.1 Å². The van der Waals surface area contributed by atoms with Gasteiger partial charge >= 0.3 is 0 Å². The summed E-state index contributed by atoms with van der Waals surface area (Å²) in [7, 11) is 1.82. The Morgan fingerprint density at radius 3 is 2.90 bits per heavy atom. The molecule has 10 heavy (non-hydrogen) atoms. The van der Waals surface area contributed by atoms with E-state index in [1.54, 1.807) is 0 Å². The molecule has 1 fully saturated rings. The largest absolute Gasteiger partial charge is 0.771 e. The van der Waals surface area contributed by atoms with Crippen LogP contribution >= 0.6 is 0 Å². The van der Waals surface area contributed by atoms with Gasteiger partial charge in [0.15, 0.2) is 0 Å². The summed E-state index contributed by atoms with van der Waals surface area (Å²) < 4.78 is 21.0. The summed E-state index contributed by atoms with van der Waals surface area (Å²) in [6.45, 7) is 2.23. The van der Waals surface area contributed by atoms with Crippen LogP contribution in [0.2, 0.25) is 0 Å². The number of likely N-dealkylation sites (N-methyl/N-ethyl adjacent to an activating group) is 1. The number of piperazine rings is 1. The molecule has 60 valence electrons. The van der Waals surface area contributed by atoms with Crippen molar-refractivity contribution in [2.45, 2.75) is 5.37 Å². The van der Waals surface area contributed by atoms with Gasteiger partial charge in [0.2, 0.25) is 0 Å². The maximum atomic E-state index is 10.5. The predicted octanol–water partition coefficient (Wildman–Crippen LogP) is -1.27. The molecule has 1 aliphatic heterocycles. The van der Waals surface area contributed by atoms with Gasteiger partial charge in [0.25, 0.3) is 0 Å². The number of hydrogen-bond donors (Lipinski definition) is 1. The maximum absolute atomic E-state index is 10.5. The lowest BCUT2D eigenvalue weighted by Gasteiger charge is -2.34. The molecule has 0 aromatic carbocycles. The Morgan fingerprint density at radius 2 is 2.50 bits per heavy atom. The standard InChI is InChI=1S/C5H12N2O2S/c1-7-3-2-6-4-5(7)10(8)9/h5-6H,2-4H2,1H3,(H,8,9)/p-1. The second-order valence-corrected chi connectivity index (χ2v) is 3.47. The van der Waals surface area contributed by atoms with Gasteiger partial charge in [-0.25, -0.2) is 0 Å². The summed E-state index contributed by atoms with van der Waals surface area (Å²) in [6.07, 6.45) is 0. The monoisotopic (exact) mass is 163 g/mol. The van der Waals surface area contributed by atoms with Crippen molar-refractivity contribution < 1.29 is 8.76 Å². The molecule has 0 radical (unpaired) electrons. The molecule has 1 aliphatic rings. The minimum atomic E-state index is -1.97. The van der Waals surface area contributed by atoms with Gasteiger partial charge in [0, 0.05) is 19.6 Å². The van der Waals surface area contributed by atoms with Crippen molar-refractivity contribution in [1.82, 2.24) is 10.2 Å². The van der Waals surface area contributed by atoms with Crippen LogP contribution in [0.3, 0.4) is 0 Å². The van der Waals surface area contributed by atoms with E-state index in [0.717, 1.165) is 13.1 Å². The Kier molecular flexibility index (Phi) is 2.79. The van der Waals surface area contributed by atoms with Crippen LogP contribution in [-0.4, -0.2) is 45.7 Å². The van der Waals surface area contributed by atoms with Crippen LogP contribution in [0.1, 0.15) is 0 Å². The molecule has 2 atom stereocenters. The van der Waals surface area contributed by atoms with E-state index in [-0.39, 0.29) is 5.37 Å². The van der Waals surface area contributed by atoms with Gasteiger partial charge in [-0.3, -0.25) is 9.11 Å². The Hall–Kier alpha value is 0.0300. The first-order valence-electron chi connectivity index (χ1n) is 3.21. The van der Waals surface area contributed by atoms with Crippen LogP contribution < -0.4 is 5.32 Å². The van der Waals surface area contributed by atoms with E-state index >= 15 is 0 Å². The lowest BCUT2D eigenvalue weighted by molar-refractivity contribution is 0.252. The molecular formula is C5H11N2O2S-. The van der Waals surface area contributed by atoms with Crippen molar-refractivity contribution in [2.24, 2.45) is 0 Å². The smallest absolute Gasteiger partial charge is 0.0850 e. The van der Waals surface area contributed by atoms with E-state index < -0.39 is 11.1 Å². The molecular weight excluding hydrogens is 152 g/mol. The first kappa shape index (κ1) is 8.13. The molecule has 1 heterocycles. The fourth-order valence-corrected chi connectivity index (χ4v) is 1.65. The van der Waals surface area contributed by atoms with Crippen LogP contribution in [0, 0.1) is 0 Å². The van der Waals surface area contributed by atoms with Crippen molar-refractivity contribution in [3.63, 3.8) is 0 Å². The van der Waals surface area contributed by atoms with Gasteiger partial charge in [-0.05, 0) is 18.1 Å². The molecule has 0 amide bonds. The zero-order valence-corrected chi connectivity index (χ0v) is 6.69. The van der Waals surface area contributed by atoms with Crippen LogP contribution in [0.5, 0.6) is 0 Å². The summed E-state index contributed by atoms with van der Waals surface area (Å²) in [5.41, 5.74) is 0. The van der Waals surface area contributed by atoms with Gasteiger partial charge in [0.05, 0.1) is 5.37 Å². The summed E-state index contributed by atoms with van der Waals surface area (Å²) >= 11 is -1.97. The number of nitrogens with zero attached hydrogens (tertiary/aromatic N) is 1.